The summed E-state index contributed by atoms with van der Waals surface area (Å²) in [6.07, 6.45) is 4.93. The Morgan fingerprint density at radius 2 is 1.90 bits per heavy atom. The highest BCUT2D eigenvalue weighted by atomic mass is 35.5. The van der Waals surface area contributed by atoms with Crippen molar-refractivity contribution in [3.8, 4) is 23.1 Å². The predicted octanol–water partition coefficient (Wildman–Crippen LogP) is 5.89. The molecule has 1 aliphatic carbocycles. The molecule has 1 heterocycles. The van der Waals surface area contributed by atoms with Crippen LogP contribution < -0.4 is 0 Å². The van der Waals surface area contributed by atoms with Gasteiger partial charge < -0.3 is 9.26 Å². The van der Waals surface area contributed by atoms with Crippen molar-refractivity contribution in [2.24, 2.45) is 5.92 Å². The minimum atomic E-state index is -0.420. The summed E-state index contributed by atoms with van der Waals surface area (Å²) < 4.78 is 10.6. The Hall–Kier alpha value is -3.03. The van der Waals surface area contributed by atoms with Crippen molar-refractivity contribution >= 4 is 17.6 Å². The van der Waals surface area contributed by atoms with Gasteiger partial charge in [0.15, 0.2) is 12.4 Å². The Kier molecular flexibility index (Phi) is 5.97. The predicted molar refractivity (Wildman–Crippen MR) is 111 cm³/mol. The second kappa shape index (κ2) is 8.98. The molecule has 3 aromatic rings. The fraction of sp³-hybridized carbons (Fsp3) is 0.250. The molecule has 4 rings (SSSR count). The quantitative estimate of drug-likeness (QED) is 0.401. The summed E-state index contributed by atoms with van der Waals surface area (Å²) in [6.45, 7) is -0.000473. The fourth-order valence-electron chi connectivity index (χ4n) is 3.34. The van der Waals surface area contributed by atoms with Crippen LogP contribution in [-0.2, 0) is 11.3 Å². The van der Waals surface area contributed by atoms with Crippen LogP contribution in [0.25, 0.3) is 11.3 Å². The molecule has 0 saturated heterocycles. The van der Waals surface area contributed by atoms with E-state index in [1.165, 1.54) is 25.7 Å². The maximum absolute atomic E-state index is 12.3. The third kappa shape index (κ3) is 4.88. The maximum atomic E-state index is 12.3. The first kappa shape index (κ1) is 19.3. The summed E-state index contributed by atoms with van der Waals surface area (Å²) in [5, 5.41) is 4.58. The Bertz CT molecular complexity index is 1050. The molecule has 1 fully saturated rings. The van der Waals surface area contributed by atoms with Crippen LogP contribution in [0.4, 0.5) is 0 Å². The highest BCUT2D eigenvalue weighted by Gasteiger charge is 2.13. The smallest absolute Gasteiger partial charge is 0.338 e. The van der Waals surface area contributed by atoms with E-state index in [-0.39, 0.29) is 6.61 Å². The van der Waals surface area contributed by atoms with Gasteiger partial charge in [0.1, 0.15) is 5.69 Å². The molecular formula is C24H20ClNO3. The van der Waals surface area contributed by atoms with E-state index in [0.717, 1.165) is 11.1 Å². The molecule has 0 aliphatic heterocycles. The lowest BCUT2D eigenvalue weighted by Gasteiger charge is -2.02. The second-order valence-corrected chi connectivity index (χ2v) is 7.47. The van der Waals surface area contributed by atoms with Crippen LogP contribution in [0.5, 0.6) is 0 Å². The largest absolute Gasteiger partial charge is 0.454 e. The standard InChI is InChI=1S/C24H20ClNO3/c25-22-8-4-3-7-21(22)23-15-20(29-26-23)16-28-24(27)19-13-11-18(12-14-19)10-9-17-5-1-2-6-17/h3-4,7-8,11-15,17H,1-2,5-6,16H2. The number of halogens is 1. The molecule has 0 radical (unpaired) electrons. The Labute approximate surface area is 174 Å². The molecule has 1 aromatic heterocycles. The number of ether oxygens (including phenoxy) is 1. The number of carbonyl (C=O) groups excluding carboxylic acids is 1. The molecule has 4 nitrogen and oxygen atoms in total. The molecule has 2 aromatic carbocycles. The topological polar surface area (TPSA) is 52.3 Å². The normalized spacial score (nSPS) is 13.7. The highest BCUT2D eigenvalue weighted by Crippen LogP contribution is 2.27. The van der Waals surface area contributed by atoms with Crippen LogP contribution in [0.1, 0.15) is 47.4 Å². The van der Waals surface area contributed by atoms with Crippen LogP contribution >= 0.6 is 11.6 Å². The first-order chi connectivity index (χ1) is 14.2. The second-order valence-electron chi connectivity index (χ2n) is 7.06. The number of rotatable bonds is 4. The zero-order chi connectivity index (χ0) is 20.1. The molecule has 0 unspecified atom stereocenters. The Morgan fingerprint density at radius 1 is 1.14 bits per heavy atom. The number of hydrogen-bond donors (Lipinski definition) is 0. The number of esters is 1. The van der Waals surface area contributed by atoms with Gasteiger partial charge in [-0.1, -0.05) is 59.6 Å². The molecule has 1 saturated carbocycles. The van der Waals surface area contributed by atoms with Crippen molar-refractivity contribution in [1.82, 2.24) is 5.16 Å². The van der Waals surface area contributed by atoms with Crippen molar-refractivity contribution in [3.63, 3.8) is 0 Å². The van der Waals surface area contributed by atoms with Gasteiger partial charge in [0, 0.05) is 23.1 Å². The molecule has 29 heavy (non-hydrogen) atoms. The van der Waals surface area contributed by atoms with Crippen LogP contribution in [-0.4, -0.2) is 11.1 Å². The summed E-state index contributed by atoms with van der Waals surface area (Å²) in [4.78, 5) is 12.3. The molecule has 0 amide bonds. The van der Waals surface area contributed by atoms with Crippen molar-refractivity contribution in [2.75, 3.05) is 0 Å². The van der Waals surface area contributed by atoms with Gasteiger partial charge >= 0.3 is 5.97 Å². The zero-order valence-electron chi connectivity index (χ0n) is 15.9. The molecule has 0 atom stereocenters. The van der Waals surface area contributed by atoms with E-state index in [1.54, 1.807) is 24.3 Å². The first-order valence-corrected chi connectivity index (χ1v) is 10.1. The molecule has 0 spiro atoms. The van der Waals surface area contributed by atoms with Crippen molar-refractivity contribution in [2.45, 2.75) is 32.3 Å². The average Bonchev–Trinajstić information content (AvgIpc) is 3.43. The Balaban J connectivity index is 1.34. The molecule has 0 N–H and O–H groups in total. The molecular weight excluding hydrogens is 386 g/mol. The van der Waals surface area contributed by atoms with Crippen LogP contribution in [0, 0.1) is 17.8 Å². The number of aromatic nitrogens is 1. The highest BCUT2D eigenvalue weighted by molar-refractivity contribution is 6.33. The van der Waals surface area contributed by atoms with Crippen LogP contribution in [0.3, 0.4) is 0 Å². The lowest BCUT2D eigenvalue weighted by molar-refractivity contribution is 0.0437. The van der Waals surface area contributed by atoms with Crippen LogP contribution in [0.15, 0.2) is 59.1 Å². The SMILES string of the molecule is O=C(OCc1cc(-c2ccccc2Cl)no1)c1ccc(C#CC2CCCC2)cc1. The van der Waals surface area contributed by atoms with E-state index in [4.69, 9.17) is 20.9 Å². The number of carbonyl (C=O) groups is 1. The van der Waals surface area contributed by atoms with Crippen molar-refractivity contribution in [1.29, 1.82) is 0 Å². The van der Waals surface area contributed by atoms with Gasteiger partial charge in [0.2, 0.25) is 0 Å². The minimum Gasteiger partial charge on any atom is -0.454 e. The third-order valence-electron chi connectivity index (χ3n) is 4.95. The number of benzene rings is 2. The van der Waals surface area contributed by atoms with Gasteiger partial charge in [-0.25, -0.2) is 4.79 Å². The molecule has 5 heteroatoms. The zero-order valence-corrected chi connectivity index (χ0v) is 16.6. The van der Waals surface area contributed by atoms with E-state index in [2.05, 4.69) is 17.0 Å². The lowest BCUT2D eigenvalue weighted by atomic mass is 10.1. The van der Waals surface area contributed by atoms with Gasteiger partial charge in [-0.2, -0.15) is 0 Å². The third-order valence-corrected chi connectivity index (χ3v) is 5.28. The molecule has 1 aliphatic rings. The van der Waals surface area contributed by atoms with Gasteiger partial charge in [0.25, 0.3) is 0 Å². The first-order valence-electron chi connectivity index (χ1n) is 9.68. The number of nitrogens with zero attached hydrogens (tertiary/aromatic N) is 1. The van der Waals surface area contributed by atoms with Gasteiger partial charge in [-0.05, 0) is 43.2 Å². The lowest BCUT2D eigenvalue weighted by Crippen LogP contribution is -2.04. The Morgan fingerprint density at radius 3 is 2.66 bits per heavy atom. The summed E-state index contributed by atoms with van der Waals surface area (Å²) >= 11 is 6.17. The summed E-state index contributed by atoms with van der Waals surface area (Å²) in [5.74, 6) is 7.06. The summed E-state index contributed by atoms with van der Waals surface area (Å²) in [5.41, 5.74) is 2.76. The average molecular weight is 406 g/mol. The molecule has 0 bridgehead atoms. The van der Waals surface area contributed by atoms with Gasteiger partial charge in [-0.15, -0.1) is 0 Å². The molecule has 146 valence electrons. The minimum absolute atomic E-state index is 0.000473. The van der Waals surface area contributed by atoms with Crippen LogP contribution in [0.2, 0.25) is 5.02 Å². The van der Waals surface area contributed by atoms with Gasteiger partial charge in [0.05, 0.1) is 10.6 Å². The summed E-state index contributed by atoms with van der Waals surface area (Å²) in [6, 6.07) is 16.2. The van der Waals surface area contributed by atoms with Gasteiger partial charge in [-0.3, -0.25) is 0 Å². The van der Waals surface area contributed by atoms with Crippen molar-refractivity contribution in [3.05, 3.63) is 76.5 Å². The summed E-state index contributed by atoms with van der Waals surface area (Å²) in [7, 11) is 0. The van der Waals surface area contributed by atoms with E-state index in [1.807, 2.05) is 30.3 Å². The fourth-order valence-corrected chi connectivity index (χ4v) is 3.57. The van der Waals surface area contributed by atoms with Crippen molar-refractivity contribution < 1.29 is 14.1 Å². The monoisotopic (exact) mass is 405 g/mol. The van der Waals surface area contributed by atoms with E-state index >= 15 is 0 Å². The number of hydrogen-bond acceptors (Lipinski definition) is 4. The van der Waals surface area contributed by atoms with E-state index in [0.29, 0.717) is 28.0 Å². The maximum Gasteiger partial charge on any atom is 0.338 e. The van der Waals surface area contributed by atoms with E-state index in [9.17, 15) is 4.79 Å². The van der Waals surface area contributed by atoms with E-state index < -0.39 is 5.97 Å².